The Balaban J connectivity index is 0. The predicted octanol–water partition coefficient (Wildman–Crippen LogP) is 1.01. The third kappa shape index (κ3) is 50.6. The molecule has 1 nitrogen and oxygen atoms in total. The number of hydrogen-bond donors (Lipinski definition) is 1. The zero-order valence-electron chi connectivity index (χ0n) is 2.27. The molecule has 0 fully saturated rings. The summed E-state index contributed by atoms with van der Waals surface area (Å²) in [5.74, 6) is 0. The molecular formula is CH11FNPV. The van der Waals surface area contributed by atoms with Crippen LogP contribution in [0.4, 0.5) is 4.70 Å². The van der Waals surface area contributed by atoms with E-state index >= 15 is 0 Å². The van der Waals surface area contributed by atoms with Gasteiger partial charge in [0.15, 0.2) is 0 Å². The monoisotopic (exact) mass is 138 g/mol. The molecule has 3 N–H and O–H groups in total. The van der Waals surface area contributed by atoms with Crippen molar-refractivity contribution in [3.8, 4) is 0 Å². The first kappa shape index (κ1) is 174. The van der Waals surface area contributed by atoms with E-state index in [1.807, 2.05) is 0 Å². The summed E-state index contributed by atoms with van der Waals surface area (Å²) in [4.78, 5) is 0. The molecule has 0 amide bonds. The van der Waals surface area contributed by atoms with E-state index in [-0.39, 0.29) is 46.7 Å². The third-order valence-corrected chi connectivity index (χ3v) is 0. The van der Waals surface area contributed by atoms with E-state index in [1.165, 1.54) is 0 Å². The van der Waals surface area contributed by atoms with E-state index in [0.29, 0.717) is 0 Å². The van der Waals surface area contributed by atoms with Crippen molar-refractivity contribution in [1.82, 2.24) is 6.15 Å². The van der Waals surface area contributed by atoms with Gasteiger partial charge in [-0.3, -0.25) is 4.70 Å². The van der Waals surface area contributed by atoms with Gasteiger partial charge in [-0.2, -0.15) is 9.90 Å². The van der Waals surface area contributed by atoms with E-state index in [2.05, 4.69) is 0 Å². The van der Waals surface area contributed by atoms with Crippen molar-refractivity contribution in [2.24, 2.45) is 0 Å². The summed E-state index contributed by atoms with van der Waals surface area (Å²) in [6.45, 7) is 0. The van der Waals surface area contributed by atoms with Crippen LogP contribution in [-0.4, -0.2) is 0 Å². The molecule has 0 aromatic heterocycles. The summed E-state index contributed by atoms with van der Waals surface area (Å²) in [6, 6.07) is 0. The van der Waals surface area contributed by atoms with Gasteiger partial charge in [0, 0.05) is 18.6 Å². The fraction of sp³-hybridized carbons (Fsp3) is 1.00. The van der Waals surface area contributed by atoms with E-state index in [0.717, 1.165) is 0 Å². The summed E-state index contributed by atoms with van der Waals surface area (Å²) in [5.41, 5.74) is 0. The molecule has 0 rings (SSSR count). The van der Waals surface area contributed by atoms with Gasteiger partial charge in [0.1, 0.15) is 0 Å². The molecular weight excluding hydrogens is 127 g/mol. The second-order valence-corrected chi connectivity index (χ2v) is 0. The van der Waals surface area contributed by atoms with E-state index in [1.54, 1.807) is 0 Å². The topological polar surface area (TPSA) is 35.0 Å². The normalized spacial score (nSPS) is 0. The van der Waals surface area contributed by atoms with Crippen molar-refractivity contribution in [2.75, 3.05) is 0 Å². The molecule has 37 valence electrons. The molecule has 0 spiro atoms. The molecule has 0 aliphatic carbocycles. The predicted molar refractivity (Wildman–Crippen MR) is 25.4 cm³/mol. The SMILES string of the molecule is C.F.N.P.[V]. The fourth-order valence-electron chi connectivity index (χ4n) is 0. The summed E-state index contributed by atoms with van der Waals surface area (Å²) in [7, 11) is 0. The smallest absolute Gasteiger partial charge is 0 e. The van der Waals surface area contributed by atoms with E-state index in [9.17, 15) is 0 Å². The number of hydrogen-bond acceptors (Lipinski definition) is 1. The zero-order valence-corrected chi connectivity index (χ0v) is 5.08. The molecule has 0 heterocycles. The van der Waals surface area contributed by atoms with Gasteiger partial charge >= 0.3 is 0 Å². The van der Waals surface area contributed by atoms with Gasteiger partial charge in [-0.05, 0) is 0 Å². The van der Waals surface area contributed by atoms with Crippen molar-refractivity contribution in [2.45, 2.75) is 7.43 Å². The van der Waals surface area contributed by atoms with Crippen LogP contribution in [0, 0.1) is 0 Å². The average molecular weight is 138 g/mol. The van der Waals surface area contributed by atoms with Gasteiger partial charge in [0.25, 0.3) is 0 Å². The van der Waals surface area contributed by atoms with Crippen LogP contribution in [0.2, 0.25) is 0 Å². The van der Waals surface area contributed by atoms with Crippen molar-refractivity contribution >= 4 is 9.90 Å². The molecule has 0 aromatic carbocycles. The van der Waals surface area contributed by atoms with Crippen LogP contribution in [0.5, 0.6) is 0 Å². The fourth-order valence-corrected chi connectivity index (χ4v) is 0. The Bertz CT molecular complexity index is 11.6. The van der Waals surface area contributed by atoms with Gasteiger partial charge in [0.2, 0.25) is 0 Å². The molecule has 0 saturated heterocycles. The first-order chi connectivity index (χ1) is 0. The van der Waals surface area contributed by atoms with Gasteiger partial charge in [-0.25, -0.2) is 0 Å². The Kier molecular flexibility index (Phi) is 3170. The molecule has 0 aliphatic rings. The molecule has 1 radical (unpaired) electrons. The Morgan fingerprint density at radius 1 is 1.00 bits per heavy atom. The molecule has 5 heavy (non-hydrogen) atoms. The second-order valence-electron chi connectivity index (χ2n) is 0. The van der Waals surface area contributed by atoms with Crippen LogP contribution < -0.4 is 6.15 Å². The molecule has 0 aromatic rings. The Labute approximate surface area is 47.4 Å². The van der Waals surface area contributed by atoms with Crippen LogP contribution in [0.25, 0.3) is 0 Å². The summed E-state index contributed by atoms with van der Waals surface area (Å²) < 4.78 is 0. The maximum atomic E-state index is 0. The van der Waals surface area contributed by atoms with Crippen molar-refractivity contribution in [3.63, 3.8) is 0 Å². The van der Waals surface area contributed by atoms with Gasteiger partial charge in [0.05, 0.1) is 0 Å². The summed E-state index contributed by atoms with van der Waals surface area (Å²) in [5, 5.41) is 0. The van der Waals surface area contributed by atoms with Crippen molar-refractivity contribution in [3.05, 3.63) is 0 Å². The first-order valence-corrected chi connectivity index (χ1v) is 0. The Morgan fingerprint density at radius 2 is 1.00 bits per heavy atom. The maximum absolute atomic E-state index is 0. The quantitative estimate of drug-likeness (QED) is 0.498. The van der Waals surface area contributed by atoms with Gasteiger partial charge in [-0.15, -0.1) is 0 Å². The van der Waals surface area contributed by atoms with Crippen LogP contribution in [0.15, 0.2) is 0 Å². The van der Waals surface area contributed by atoms with Crippen LogP contribution in [0.3, 0.4) is 0 Å². The molecule has 1 unspecified atom stereocenters. The first-order valence-electron chi connectivity index (χ1n) is 0. The minimum atomic E-state index is 0. The number of halogens is 1. The van der Waals surface area contributed by atoms with Crippen LogP contribution in [-0.2, 0) is 18.6 Å². The third-order valence-electron chi connectivity index (χ3n) is 0. The Hall–Kier alpha value is 0.904. The second kappa shape index (κ2) is 91.4. The van der Waals surface area contributed by atoms with Crippen LogP contribution >= 0.6 is 9.90 Å². The van der Waals surface area contributed by atoms with Crippen molar-refractivity contribution < 1.29 is 23.3 Å². The standard InChI is InChI=1S/CH4.FH.H3N.H3P.V/h1H4;1H;2*1H3;. The van der Waals surface area contributed by atoms with Gasteiger partial charge < -0.3 is 6.15 Å². The molecule has 0 bridgehead atoms. The van der Waals surface area contributed by atoms with Crippen molar-refractivity contribution in [1.29, 1.82) is 0 Å². The summed E-state index contributed by atoms with van der Waals surface area (Å²) in [6.07, 6.45) is 0. The maximum Gasteiger partial charge on any atom is 0 e. The van der Waals surface area contributed by atoms with Gasteiger partial charge in [-0.1, -0.05) is 7.43 Å². The largest absolute Gasteiger partial charge is 0.344 e. The average Bonchev–Trinajstić information content (AvgIpc) is 0. The molecule has 0 aliphatic heterocycles. The van der Waals surface area contributed by atoms with Crippen LogP contribution in [0.1, 0.15) is 7.43 Å². The minimum Gasteiger partial charge on any atom is -0.344 e. The Morgan fingerprint density at radius 3 is 1.00 bits per heavy atom. The zero-order chi connectivity index (χ0) is 0. The molecule has 4 heteroatoms. The minimum absolute atomic E-state index is 0. The molecule has 0 saturated carbocycles. The number of rotatable bonds is 0. The summed E-state index contributed by atoms with van der Waals surface area (Å²) >= 11 is 0. The van der Waals surface area contributed by atoms with E-state index < -0.39 is 0 Å². The molecule has 1 atom stereocenters. The van der Waals surface area contributed by atoms with E-state index in [4.69, 9.17) is 0 Å².